The number of sulfonamides is 1. The fraction of sp³-hybridized carbons (Fsp3) is 0.421. The van der Waals surface area contributed by atoms with Crippen molar-refractivity contribution in [3.63, 3.8) is 0 Å². The van der Waals surface area contributed by atoms with Gasteiger partial charge in [-0.05, 0) is 38.0 Å². The number of carbonyl (C=O) groups is 2. The third-order valence-corrected chi connectivity index (χ3v) is 7.82. The molecule has 1 saturated heterocycles. The monoisotopic (exact) mass is 471 g/mol. The number of hydrogen-bond donors (Lipinski definition) is 0. The molecular weight excluding hydrogens is 450 g/mol. The van der Waals surface area contributed by atoms with Gasteiger partial charge in [-0.1, -0.05) is 11.6 Å². The van der Waals surface area contributed by atoms with Crippen molar-refractivity contribution in [2.75, 3.05) is 24.5 Å². The molecule has 0 aliphatic carbocycles. The molecular formula is C19H22ClN3O5S2. The number of thiazole rings is 1. The number of esters is 1. The summed E-state index contributed by atoms with van der Waals surface area (Å²) in [6.07, 6.45) is 1.63. The minimum Gasteiger partial charge on any atom is -0.456 e. The summed E-state index contributed by atoms with van der Waals surface area (Å²) in [5.41, 5.74) is 0.464. The number of amides is 1. The van der Waals surface area contributed by atoms with E-state index in [1.54, 1.807) is 5.38 Å². The molecule has 0 spiro atoms. The van der Waals surface area contributed by atoms with E-state index in [9.17, 15) is 18.0 Å². The molecule has 30 heavy (non-hydrogen) atoms. The van der Waals surface area contributed by atoms with Gasteiger partial charge in [0.25, 0.3) is 0 Å². The maximum absolute atomic E-state index is 12.7. The maximum Gasteiger partial charge on any atom is 0.340 e. The highest BCUT2D eigenvalue weighted by Gasteiger charge is 2.28. The van der Waals surface area contributed by atoms with Crippen LogP contribution in [0.15, 0.2) is 28.5 Å². The molecule has 162 valence electrons. The van der Waals surface area contributed by atoms with E-state index in [1.165, 1.54) is 45.7 Å². The molecule has 0 radical (unpaired) electrons. The number of nitrogens with zero attached hydrogens (tertiary/aromatic N) is 3. The van der Waals surface area contributed by atoms with Crippen LogP contribution in [0.2, 0.25) is 5.02 Å². The molecule has 0 N–H and O–H groups in total. The van der Waals surface area contributed by atoms with Crippen LogP contribution in [0, 0.1) is 0 Å². The van der Waals surface area contributed by atoms with Crippen LogP contribution in [0.3, 0.4) is 0 Å². The number of ether oxygens (including phenoxy) is 1. The van der Waals surface area contributed by atoms with Gasteiger partial charge < -0.3 is 4.74 Å². The Morgan fingerprint density at radius 3 is 2.63 bits per heavy atom. The molecule has 11 heteroatoms. The van der Waals surface area contributed by atoms with Gasteiger partial charge in [-0.3, -0.25) is 9.69 Å². The summed E-state index contributed by atoms with van der Waals surface area (Å²) in [4.78, 5) is 30.0. The van der Waals surface area contributed by atoms with Crippen LogP contribution < -0.4 is 4.90 Å². The van der Waals surface area contributed by atoms with Gasteiger partial charge in [-0.25, -0.2) is 18.2 Å². The summed E-state index contributed by atoms with van der Waals surface area (Å²) in [6, 6.07) is 4.02. The van der Waals surface area contributed by atoms with E-state index >= 15 is 0 Å². The standard InChI is InChI=1S/C19H22ClN3O5S2/c1-3-23(13(2)24)19-21-14(12-29-19)11-28-18(25)16-10-15(6-7-17(16)20)30(26,27)22-8-4-5-9-22/h6-7,10,12H,3-5,8-9,11H2,1-2H3. The van der Waals surface area contributed by atoms with Crippen molar-refractivity contribution < 1.29 is 22.7 Å². The molecule has 8 nitrogen and oxygen atoms in total. The Hall–Kier alpha value is -2.01. The highest BCUT2D eigenvalue weighted by molar-refractivity contribution is 7.89. The lowest BCUT2D eigenvalue weighted by Crippen LogP contribution is -2.28. The van der Waals surface area contributed by atoms with Gasteiger partial charge in [-0.2, -0.15) is 4.31 Å². The summed E-state index contributed by atoms with van der Waals surface area (Å²) in [6.45, 7) is 4.58. The Labute approximate surface area is 184 Å². The molecule has 0 unspecified atom stereocenters. The van der Waals surface area contributed by atoms with Gasteiger partial charge in [0.15, 0.2) is 5.13 Å². The number of aromatic nitrogens is 1. The van der Waals surface area contributed by atoms with Crippen molar-refractivity contribution in [1.82, 2.24) is 9.29 Å². The van der Waals surface area contributed by atoms with Crippen molar-refractivity contribution in [3.8, 4) is 0 Å². The normalized spacial score (nSPS) is 14.6. The van der Waals surface area contributed by atoms with Gasteiger partial charge in [0, 0.05) is 31.9 Å². The van der Waals surface area contributed by atoms with Gasteiger partial charge in [0.1, 0.15) is 6.61 Å². The number of hydrogen-bond acceptors (Lipinski definition) is 7. The second kappa shape index (κ2) is 9.42. The number of rotatable bonds is 7. The molecule has 1 amide bonds. The van der Waals surface area contributed by atoms with Crippen LogP contribution in [0.1, 0.15) is 42.7 Å². The lowest BCUT2D eigenvalue weighted by atomic mass is 10.2. The predicted octanol–water partition coefficient (Wildman–Crippen LogP) is 3.31. The quantitative estimate of drug-likeness (QED) is 0.575. The van der Waals surface area contributed by atoms with Crippen LogP contribution >= 0.6 is 22.9 Å². The molecule has 0 atom stereocenters. The van der Waals surface area contributed by atoms with E-state index in [-0.39, 0.29) is 28.0 Å². The number of halogens is 1. The molecule has 1 aliphatic rings. The number of anilines is 1. The fourth-order valence-corrected chi connectivity index (χ4v) is 5.75. The largest absolute Gasteiger partial charge is 0.456 e. The number of benzene rings is 1. The smallest absolute Gasteiger partial charge is 0.340 e. The molecule has 0 saturated carbocycles. The summed E-state index contributed by atoms with van der Waals surface area (Å²) < 4.78 is 32.2. The van der Waals surface area contributed by atoms with E-state index in [2.05, 4.69) is 4.98 Å². The van der Waals surface area contributed by atoms with E-state index in [1.807, 2.05) is 6.92 Å². The topological polar surface area (TPSA) is 96.9 Å². The highest BCUT2D eigenvalue weighted by Crippen LogP contribution is 2.26. The average molecular weight is 472 g/mol. The molecule has 2 aromatic rings. The Morgan fingerprint density at radius 1 is 1.30 bits per heavy atom. The Kier molecular flexibility index (Phi) is 7.12. The van der Waals surface area contributed by atoms with Gasteiger partial charge in [-0.15, -0.1) is 11.3 Å². The first-order valence-corrected chi connectivity index (χ1v) is 12.1. The maximum atomic E-state index is 12.7. The summed E-state index contributed by atoms with van der Waals surface area (Å²) in [5.74, 6) is -0.870. The summed E-state index contributed by atoms with van der Waals surface area (Å²) in [7, 11) is -3.68. The molecule has 2 heterocycles. The van der Waals surface area contributed by atoms with Crippen molar-refractivity contribution >= 4 is 50.0 Å². The molecule has 1 aliphatic heterocycles. The van der Waals surface area contributed by atoms with Crippen molar-refractivity contribution in [3.05, 3.63) is 39.9 Å². The second-order valence-electron chi connectivity index (χ2n) is 6.71. The first-order valence-electron chi connectivity index (χ1n) is 9.43. The van der Waals surface area contributed by atoms with Gasteiger partial charge in [0.2, 0.25) is 15.9 Å². The Morgan fingerprint density at radius 2 is 2.00 bits per heavy atom. The lowest BCUT2D eigenvalue weighted by Gasteiger charge is -2.16. The molecule has 3 rings (SSSR count). The van der Waals surface area contributed by atoms with Gasteiger partial charge in [0.05, 0.1) is 21.2 Å². The third-order valence-electron chi connectivity index (χ3n) is 4.68. The Balaban J connectivity index is 1.73. The average Bonchev–Trinajstić information content (AvgIpc) is 3.39. The van der Waals surface area contributed by atoms with Gasteiger partial charge >= 0.3 is 5.97 Å². The second-order valence-corrected chi connectivity index (χ2v) is 9.90. The van der Waals surface area contributed by atoms with Crippen LogP contribution in [0.4, 0.5) is 5.13 Å². The molecule has 0 bridgehead atoms. The van der Waals surface area contributed by atoms with E-state index in [4.69, 9.17) is 16.3 Å². The van der Waals surface area contributed by atoms with E-state index in [0.29, 0.717) is 30.5 Å². The van der Waals surface area contributed by atoms with Crippen LogP contribution in [0.25, 0.3) is 0 Å². The minimum atomic E-state index is -3.68. The third kappa shape index (κ3) is 4.83. The lowest BCUT2D eigenvalue weighted by molar-refractivity contribution is -0.116. The zero-order valence-corrected chi connectivity index (χ0v) is 19.0. The number of carbonyl (C=O) groups excluding carboxylic acids is 2. The van der Waals surface area contributed by atoms with Crippen LogP contribution in [-0.4, -0.2) is 49.2 Å². The first kappa shape index (κ1) is 22.7. The molecule has 1 aromatic heterocycles. The predicted molar refractivity (Wildman–Crippen MR) is 114 cm³/mol. The summed E-state index contributed by atoms with van der Waals surface area (Å²) in [5, 5.41) is 2.32. The fourth-order valence-electron chi connectivity index (χ4n) is 3.10. The zero-order valence-electron chi connectivity index (χ0n) is 16.6. The van der Waals surface area contributed by atoms with Crippen molar-refractivity contribution in [2.45, 2.75) is 38.2 Å². The zero-order chi connectivity index (χ0) is 21.9. The van der Waals surface area contributed by atoms with Crippen LogP contribution in [-0.2, 0) is 26.2 Å². The van der Waals surface area contributed by atoms with Crippen molar-refractivity contribution in [1.29, 1.82) is 0 Å². The molecule has 1 fully saturated rings. The van der Waals surface area contributed by atoms with E-state index in [0.717, 1.165) is 12.8 Å². The molecule has 1 aromatic carbocycles. The SMILES string of the molecule is CCN(C(C)=O)c1nc(COC(=O)c2cc(S(=O)(=O)N3CCCC3)ccc2Cl)cs1. The highest BCUT2D eigenvalue weighted by atomic mass is 35.5. The minimum absolute atomic E-state index is 0.0109. The summed E-state index contributed by atoms with van der Waals surface area (Å²) >= 11 is 7.39. The first-order chi connectivity index (χ1) is 14.2. The van der Waals surface area contributed by atoms with Crippen LogP contribution in [0.5, 0.6) is 0 Å². The van der Waals surface area contributed by atoms with E-state index < -0.39 is 16.0 Å². The van der Waals surface area contributed by atoms with Crippen molar-refractivity contribution in [2.24, 2.45) is 0 Å². The Bertz CT molecular complexity index is 1050.